The second-order valence-electron chi connectivity index (χ2n) is 5.97. The lowest BCUT2D eigenvalue weighted by atomic mass is 9.82. The van der Waals surface area contributed by atoms with E-state index in [-0.39, 0.29) is 30.1 Å². The third-order valence-corrected chi connectivity index (χ3v) is 4.60. The predicted octanol–water partition coefficient (Wildman–Crippen LogP) is 0.795. The summed E-state index contributed by atoms with van der Waals surface area (Å²) in [7, 11) is 0. The third kappa shape index (κ3) is 4.72. The van der Waals surface area contributed by atoms with E-state index in [2.05, 4.69) is 19.2 Å². The van der Waals surface area contributed by atoms with Gasteiger partial charge in [0.15, 0.2) is 0 Å². The Kier molecular flexibility index (Phi) is 6.18. The van der Waals surface area contributed by atoms with Gasteiger partial charge >= 0.3 is 0 Å². The van der Waals surface area contributed by atoms with Gasteiger partial charge in [-0.25, -0.2) is 0 Å². The number of hydrogen-bond acceptors (Lipinski definition) is 3. The Morgan fingerprint density at radius 2 is 1.90 bits per heavy atom. The molecule has 0 aromatic rings. The number of nitrogens with two attached hydrogens (primary N) is 1. The van der Waals surface area contributed by atoms with Crippen LogP contribution in [-0.4, -0.2) is 41.8 Å². The number of rotatable bonds is 7. The van der Waals surface area contributed by atoms with Gasteiger partial charge in [0, 0.05) is 26.4 Å². The Balaban J connectivity index is 2.72. The summed E-state index contributed by atoms with van der Waals surface area (Å²) in [6.07, 6.45) is 3.43. The van der Waals surface area contributed by atoms with E-state index in [1.165, 1.54) is 6.92 Å². The van der Waals surface area contributed by atoms with Crippen LogP contribution < -0.4 is 11.1 Å². The maximum absolute atomic E-state index is 12.6. The molecule has 1 saturated heterocycles. The van der Waals surface area contributed by atoms with Gasteiger partial charge in [0.25, 0.3) is 0 Å². The molecule has 3 N–H and O–H groups in total. The summed E-state index contributed by atoms with van der Waals surface area (Å²) in [5, 5.41) is 2.64. The van der Waals surface area contributed by atoms with Gasteiger partial charge in [-0.1, -0.05) is 13.8 Å². The van der Waals surface area contributed by atoms with Gasteiger partial charge < -0.3 is 16.0 Å². The van der Waals surface area contributed by atoms with Crippen LogP contribution >= 0.6 is 0 Å². The lowest BCUT2D eigenvalue weighted by Crippen LogP contribution is -2.48. The fourth-order valence-electron chi connectivity index (χ4n) is 2.96. The normalized spacial score (nSPS) is 18.3. The van der Waals surface area contributed by atoms with Gasteiger partial charge in [-0.3, -0.25) is 14.4 Å². The number of carbonyl (C=O) groups excluding carboxylic acids is 3. The molecule has 0 bridgehead atoms. The van der Waals surface area contributed by atoms with Crippen LogP contribution in [0.3, 0.4) is 0 Å². The summed E-state index contributed by atoms with van der Waals surface area (Å²) in [6, 6.07) is -0.653. The zero-order valence-corrected chi connectivity index (χ0v) is 13.3. The van der Waals surface area contributed by atoms with Crippen LogP contribution in [0.25, 0.3) is 0 Å². The molecule has 0 radical (unpaired) electrons. The molecule has 1 fully saturated rings. The maximum Gasteiger partial charge on any atom is 0.245 e. The number of amides is 3. The smallest absolute Gasteiger partial charge is 0.245 e. The van der Waals surface area contributed by atoms with Gasteiger partial charge in [-0.15, -0.1) is 0 Å². The SMILES string of the molecule is CCC1(CC)CCN(C(=O)[C@H](CCC(N)=O)NC(C)=O)C1. The Morgan fingerprint density at radius 3 is 2.33 bits per heavy atom. The largest absolute Gasteiger partial charge is 0.370 e. The van der Waals surface area contributed by atoms with E-state index in [0.717, 1.165) is 25.8 Å². The Bertz CT molecular complexity index is 405. The highest BCUT2D eigenvalue weighted by Gasteiger charge is 2.39. The number of carbonyl (C=O) groups is 3. The van der Waals surface area contributed by atoms with Crippen LogP contribution in [-0.2, 0) is 14.4 Å². The fourth-order valence-corrected chi connectivity index (χ4v) is 2.96. The lowest BCUT2D eigenvalue weighted by molar-refractivity contribution is -0.136. The summed E-state index contributed by atoms with van der Waals surface area (Å²) < 4.78 is 0. The molecule has 3 amide bonds. The first-order valence-corrected chi connectivity index (χ1v) is 7.67. The molecule has 6 nitrogen and oxygen atoms in total. The molecule has 0 aliphatic carbocycles. The quantitative estimate of drug-likeness (QED) is 0.728. The number of nitrogens with zero attached hydrogens (tertiary/aromatic N) is 1. The van der Waals surface area contributed by atoms with Gasteiger partial charge in [0.05, 0.1) is 0 Å². The standard InChI is InChI=1S/C15H27N3O3/c1-4-15(5-2)8-9-18(10-15)14(21)12(17-11(3)19)6-7-13(16)20/h12H,4-10H2,1-3H3,(H2,16,20)(H,17,19)/t12-/m0/s1. The summed E-state index contributed by atoms with van der Waals surface area (Å²) in [6.45, 7) is 7.11. The van der Waals surface area contributed by atoms with E-state index in [4.69, 9.17) is 5.73 Å². The molecule has 6 heteroatoms. The molecule has 0 saturated carbocycles. The number of primary amides is 1. The zero-order chi connectivity index (χ0) is 16.0. The van der Waals surface area contributed by atoms with Crippen molar-refractivity contribution < 1.29 is 14.4 Å². The average molecular weight is 297 g/mol. The van der Waals surface area contributed by atoms with E-state index in [0.29, 0.717) is 6.54 Å². The molecular weight excluding hydrogens is 270 g/mol. The third-order valence-electron chi connectivity index (χ3n) is 4.60. The number of hydrogen-bond donors (Lipinski definition) is 2. The van der Waals surface area contributed by atoms with Crippen molar-refractivity contribution in [2.75, 3.05) is 13.1 Å². The van der Waals surface area contributed by atoms with Crippen LogP contribution in [0.1, 0.15) is 52.9 Å². The molecule has 120 valence electrons. The van der Waals surface area contributed by atoms with E-state index in [1.54, 1.807) is 0 Å². The molecule has 1 aliphatic heterocycles. The molecule has 1 heterocycles. The van der Waals surface area contributed by atoms with Crippen LogP contribution in [0, 0.1) is 5.41 Å². The Morgan fingerprint density at radius 1 is 1.29 bits per heavy atom. The van der Waals surface area contributed by atoms with Crippen molar-refractivity contribution in [3.05, 3.63) is 0 Å². The minimum Gasteiger partial charge on any atom is -0.370 e. The van der Waals surface area contributed by atoms with Crippen molar-refractivity contribution in [1.29, 1.82) is 0 Å². The molecule has 21 heavy (non-hydrogen) atoms. The number of nitrogens with one attached hydrogen (secondary N) is 1. The van der Waals surface area contributed by atoms with Gasteiger partial charge in [0.1, 0.15) is 6.04 Å². The summed E-state index contributed by atoms with van der Waals surface area (Å²) in [5.74, 6) is -0.833. The highest BCUT2D eigenvalue weighted by Crippen LogP contribution is 2.37. The molecule has 1 rings (SSSR count). The highest BCUT2D eigenvalue weighted by molar-refractivity contribution is 5.87. The number of likely N-dealkylation sites (tertiary alicyclic amines) is 1. The Labute approximate surface area is 126 Å². The topological polar surface area (TPSA) is 92.5 Å². The van der Waals surface area contributed by atoms with Gasteiger partial charge in [-0.05, 0) is 31.1 Å². The van der Waals surface area contributed by atoms with E-state index >= 15 is 0 Å². The predicted molar refractivity (Wildman–Crippen MR) is 80.2 cm³/mol. The molecule has 0 aromatic carbocycles. The summed E-state index contributed by atoms with van der Waals surface area (Å²) in [5.41, 5.74) is 5.33. The van der Waals surface area contributed by atoms with Crippen LogP contribution in [0.5, 0.6) is 0 Å². The van der Waals surface area contributed by atoms with Crippen LogP contribution in [0.15, 0.2) is 0 Å². The van der Waals surface area contributed by atoms with Crippen LogP contribution in [0.2, 0.25) is 0 Å². The monoisotopic (exact) mass is 297 g/mol. The van der Waals surface area contributed by atoms with Crippen molar-refractivity contribution in [2.45, 2.75) is 58.9 Å². The van der Waals surface area contributed by atoms with Gasteiger partial charge in [-0.2, -0.15) is 0 Å². The van der Waals surface area contributed by atoms with E-state index < -0.39 is 11.9 Å². The molecule has 0 spiro atoms. The van der Waals surface area contributed by atoms with E-state index in [1.807, 2.05) is 4.90 Å². The average Bonchev–Trinajstić information content (AvgIpc) is 2.87. The minimum atomic E-state index is -0.653. The van der Waals surface area contributed by atoms with Crippen LogP contribution in [0.4, 0.5) is 0 Å². The van der Waals surface area contributed by atoms with Gasteiger partial charge in [0.2, 0.25) is 17.7 Å². The fraction of sp³-hybridized carbons (Fsp3) is 0.800. The second-order valence-corrected chi connectivity index (χ2v) is 5.97. The molecule has 0 unspecified atom stereocenters. The van der Waals surface area contributed by atoms with E-state index in [9.17, 15) is 14.4 Å². The van der Waals surface area contributed by atoms with Crippen molar-refractivity contribution in [3.8, 4) is 0 Å². The summed E-state index contributed by atoms with van der Waals surface area (Å²) >= 11 is 0. The first-order valence-electron chi connectivity index (χ1n) is 7.67. The van der Waals surface area contributed by atoms with Crippen molar-refractivity contribution in [3.63, 3.8) is 0 Å². The maximum atomic E-state index is 12.6. The molecule has 1 aliphatic rings. The minimum absolute atomic E-state index is 0.0945. The summed E-state index contributed by atoms with van der Waals surface area (Å²) in [4.78, 5) is 36.6. The Hall–Kier alpha value is -1.59. The second kappa shape index (κ2) is 7.43. The van der Waals surface area contributed by atoms with Crippen molar-refractivity contribution >= 4 is 17.7 Å². The van der Waals surface area contributed by atoms with Crippen molar-refractivity contribution in [2.24, 2.45) is 11.1 Å². The first kappa shape index (κ1) is 17.5. The highest BCUT2D eigenvalue weighted by atomic mass is 16.2. The molecular formula is C15H27N3O3. The molecule has 0 aromatic heterocycles. The lowest BCUT2D eigenvalue weighted by Gasteiger charge is -2.28. The molecule has 1 atom stereocenters. The zero-order valence-electron chi connectivity index (χ0n) is 13.3. The first-order chi connectivity index (χ1) is 9.83. The van der Waals surface area contributed by atoms with Crippen molar-refractivity contribution in [1.82, 2.24) is 10.2 Å².